The van der Waals surface area contributed by atoms with E-state index in [0.29, 0.717) is 19.4 Å². The molecule has 0 unspecified atom stereocenters. The van der Waals surface area contributed by atoms with E-state index in [1.165, 1.54) is 0 Å². The lowest BCUT2D eigenvalue weighted by Gasteiger charge is -2.06. The summed E-state index contributed by atoms with van der Waals surface area (Å²) < 4.78 is 24.7. The highest BCUT2D eigenvalue weighted by Gasteiger charge is 2.05. The van der Waals surface area contributed by atoms with Crippen LogP contribution in [0, 0.1) is 0 Å². The fourth-order valence-corrected chi connectivity index (χ4v) is 2.12. The highest BCUT2D eigenvalue weighted by atomic mass is 32.2. The van der Waals surface area contributed by atoms with Crippen LogP contribution in [0.1, 0.15) is 18.9 Å². The number of rotatable bonds is 8. The zero-order chi connectivity index (χ0) is 14.1. The van der Waals surface area contributed by atoms with Gasteiger partial charge in [0.15, 0.2) is 0 Å². The van der Waals surface area contributed by atoms with Crippen LogP contribution in [0.25, 0.3) is 0 Å². The summed E-state index contributed by atoms with van der Waals surface area (Å²) in [6, 6.07) is 9.76. The Bertz CT molecular complexity index is 486. The van der Waals surface area contributed by atoms with Gasteiger partial charge in [0.25, 0.3) is 0 Å². The maximum atomic E-state index is 11.5. The first-order valence-electron chi connectivity index (χ1n) is 6.31. The molecule has 0 saturated heterocycles. The predicted molar refractivity (Wildman–Crippen MR) is 75.2 cm³/mol. The number of carbonyl (C=O) groups is 1. The molecular weight excluding hydrogens is 264 g/mol. The van der Waals surface area contributed by atoms with E-state index in [9.17, 15) is 13.2 Å². The summed E-state index contributed by atoms with van der Waals surface area (Å²) in [5.41, 5.74) is 1.12. The molecule has 19 heavy (non-hydrogen) atoms. The van der Waals surface area contributed by atoms with Crippen LogP contribution in [0.3, 0.4) is 0 Å². The molecule has 0 aliphatic heterocycles. The molecule has 0 atom stereocenters. The van der Waals surface area contributed by atoms with Crippen molar-refractivity contribution in [2.75, 3.05) is 18.8 Å². The van der Waals surface area contributed by atoms with Gasteiger partial charge in [0, 0.05) is 19.5 Å². The van der Waals surface area contributed by atoms with Crippen molar-refractivity contribution in [2.24, 2.45) is 0 Å². The summed E-state index contributed by atoms with van der Waals surface area (Å²) in [4.78, 5) is 11.5. The Hall–Kier alpha value is -1.40. The molecule has 1 aromatic rings. The average Bonchev–Trinajstić information content (AvgIpc) is 2.42. The van der Waals surface area contributed by atoms with Crippen LogP contribution in [-0.4, -0.2) is 33.2 Å². The fraction of sp³-hybridized carbons (Fsp3) is 0.462. The standard InChI is InChI=1S/C13H20N2O3S/c1-2-19(17,18)15-11-10-14-13(16)9-8-12-6-4-3-5-7-12/h3-7,15H,2,8-11H2,1H3,(H,14,16). The fourth-order valence-electron chi connectivity index (χ4n) is 1.50. The third kappa shape index (κ3) is 6.93. The monoisotopic (exact) mass is 284 g/mol. The van der Waals surface area contributed by atoms with E-state index >= 15 is 0 Å². The van der Waals surface area contributed by atoms with Gasteiger partial charge in [-0.15, -0.1) is 0 Å². The molecule has 0 aliphatic carbocycles. The van der Waals surface area contributed by atoms with Crippen molar-refractivity contribution in [2.45, 2.75) is 19.8 Å². The van der Waals surface area contributed by atoms with Crippen molar-refractivity contribution < 1.29 is 13.2 Å². The number of hydrogen-bond acceptors (Lipinski definition) is 3. The van der Waals surface area contributed by atoms with E-state index in [0.717, 1.165) is 5.56 Å². The third-order valence-electron chi connectivity index (χ3n) is 2.63. The molecule has 0 radical (unpaired) electrons. The van der Waals surface area contributed by atoms with Crippen molar-refractivity contribution >= 4 is 15.9 Å². The van der Waals surface area contributed by atoms with Gasteiger partial charge in [0.05, 0.1) is 5.75 Å². The molecule has 0 bridgehead atoms. The van der Waals surface area contributed by atoms with E-state index in [1.807, 2.05) is 30.3 Å². The summed E-state index contributed by atoms with van der Waals surface area (Å²) in [7, 11) is -3.17. The molecule has 0 heterocycles. The largest absolute Gasteiger partial charge is 0.355 e. The van der Waals surface area contributed by atoms with Gasteiger partial charge in [-0.3, -0.25) is 4.79 Å². The van der Waals surface area contributed by atoms with E-state index in [2.05, 4.69) is 10.0 Å². The third-order valence-corrected chi connectivity index (χ3v) is 4.04. The Morgan fingerprint density at radius 1 is 1.16 bits per heavy atom. The van der Waals surface area contributed by atoms with Crippen LogP contribution in [0.4, 0.5) is 0 Å². The van der Waals surface area contributed by atoms with Crippen molar-refractivity contribution in [1.29, 1.82) is 0 Å². The number of nitrogens with one attached hydrogen (secondary N) is 2. The second kappa shape index (κ2) is 7.91. The van der Waals surface area contributed by atoms with Crippen molar-refractivity contribution in [1.82, 2.24) is 10.0 Å². The van der Waals surface area contributed by atoms with Gasteiger partial charge in [-0.25, -0.2) is 13.1 Å². The first kappa shape index (κ1) is 15.7. The van der Waals surface area contributed by atoms with Crippen LogP contribution < -0.4 is 10.0 Å². The first-order chi connectivity index (χ1) is 9.03. The molecule has 1 aromatic carbocycles. The van der Waals surface area contributed by atoms with Gasteiger partial charge in [-0.05, 0) is 18.9 Å². The van der Waals surface area contributed by atoms with Gasteiger partial charge in [0.2, 0.25) is 15.9 Å². The summed E-state index contributed by atoms with van der Waals surface area (Å²) in [5.74, 6) is -0.0193. The minimum absolute atomic E-state index is 0.0505. The van der Waals surface area contributed by atoms with Crippen LogP contribution >= 0.6 is 0 Å². The SMILES string of the molecule is CCS(=O)(=O)NCCNC(=O)CCc1ccccc1. The molecular formula is C13H20N2O3S. The van der Waals surface area contributed by atoms with Gasteiger partial charge in [-0.1, -0.05) is 30.3 Å². The Morgan fingerprint density at radius 3 is 2.47 bits per heavy atom. The molecule has 0 saturated carbocycles. The van der Waals surface area contributed by atoms with Crippen LogP contribution in [0.15, 0.2) is 30.3 Å². The van der Waals surface area contributed by atoms with E-state index in [-0.39, 0.29) is 18.2 Å². The summed E-state index contributed by atoms with van der Waals surface area (Å²) >= 11 is 0. The number of sulfonamides is 1. The lowest BCUT2D eigenvalue weighted by molar-refractivity contribution is -0.121. The highest BCUT2D eigenvalue weighted by molar-refractivity contribution is 7.89. The average molecular weight is 284 g/mol. The minimum Gasteiger partial charge on any atom is -0.355 e. The molecule has 1 amide bonds. The van der Waals surface area contributed by atoms with E-state index in [4.69, 9.17) is 0 Å². The van der Waals surface area contributed by atoms with Crippen LogP contribution in [0.2, 0.25) is 0 Å². The van der Waals surface area contributed by atoms with E-state index < -0.39 is 10.0 Å². The van der Waals surface area contributed by atoms with Gasteiger partial charge in [0.1, 0.15) is 0 Å². The van der Waals surface area contributed by atoms with Crippen LogP contribution in [0.5, 0.6) is 0 Å². The maximum Gasteiger partial charge on any atom is 0.220 e. The zero-order valence-electron chi connectivity index (χ0n) is 11.1. The molecule has 0 fully saturated rings. The lowest BCUT2D eigenvalue weighted by Crippen LogP contribution is -2.35. The molecule has 2 N–H and O–H groups in total. The normalized spacial score (nSPS) is 11.2. The Morgan fingerprint density at radius 2 is 1.84 bits per heavy atom. The Balaban J connectivity index is 2.15. The number of aryl methyl sites for hydroxylation is 1. The summed E-state index contributed by atoms with van der Waals surface area (Å²) in [6.07, 6.45) is 1.10. The second-order valence-electron chi connectivity index (χ2n) is 4.13. The summed E-state index contributed by atoms with van der Waals surface area (Å²) in [6.45, 7) is 2.11. The number of carbonyl (C=O) groups excluding carboxylic acids is 1. The van der Waals surface area contributed by atoms with Crippen LogP contribution in [-0.2, 0) is 21.2 Å². The molecule has 0 aliphatic rings. The first-order valence-corrected chi connectivity index (χ1v) is 7.96. The zero-order valence-corrected chi connectivity index (χ0v) is 11.9. The Kier molecular flexibility index (Phi) is 6.52. The van der Waals surface area contributed by atoms with Gasteiger partial charge in [-0.2, -0.15) is 0 Å². The molecule has 6 heteroatoms. The lowest BCUT2D eigenvalue weighted by atomic mass is 10.1. The molecule has 0 aromatic heterocycles. The quantitative estimate of drug-likeness (QED) is 0.689. The topological polar surface area (TPSA) is 75.3 Å². The molecule has 106 valence electrons. The smallest absolute Gasteiger partial charge is 0.220 e. The van der Waals surface area contributed by atoms with Crippen molar-refractivity contribution in [3.8, 4) is 0 Å². The van der Waals surface area contributed by atoms with Gasteiger partial charge < -0.3 is 5.32 Å². The number of benzene rings is 1. The van der Waals surface area contributed by atoms with Crippen molar-refractivity contribution in [3.05, 3.63) is 35.9 Å². The molecule has 0 spiro atoms. The Labute approximate surface area is 114 Å². The molecule has 5 nitrogen and oxygen atoms in total. The second-order valence-corrected chi connectivity index (χ2v) is 6.23. The van der Waals surface area contributed by atoms with Crippen molar-refractivity contribution in [3.63, 3.8) is 0 Å². The predicted octanol–water partition coefficient (Wildman–Crippen LogP) is 0.675. The summed E-state index contributed by atoms with van der Waals surface area (Å²) in [5, 5.41) is 2.68. The highest BCUT2D eigenvalue weighted by Crippen LogP contribution is 2.01. The molecule has 1 rings (SSSR count). The minimum atomic E-state index is -3.17. The van der Waals surface area contributed by atoms with Gasteiger partial charge >= 0.3 is 0 Å². The maximum absolute atomic E-state index is 11.5. The van der Waals surface area contributed by atoms with E-state index in [1.54, 1.807) is 6.92 Å². The number of amides is 1. The number of hydrogen-bond donors (Lipinski definition) is 2.